The summed E-state index contributed by atoms with van der Waals surface area (Å²) in [4.78, 5) is 24.6. The van der Waals surface area contributed by atoms with Crippen molar-refractivity contribution in [1.82, 2.24) is 5.32 Å². The Morgan fingerprint density at radius 3 is 1.94 bits per heavy atom. The van der Waals surface area contributed by atoms with Crippen molar-refractivity contribution < 1.29 is 19.1 Å². The Hall–Kier alpha value is -3.60. The molecule has 3 rings (SSSR count). The van der Waals surface area contributed by atoms with Crippen molar-refractivity contribution in [3.05, 3.63) is 102 Å². The monoisotopic (exact) mass is 417 g/mol. The molecule has 0 spiro atoms. The largest absolute Gasteiger partial charge is 0.489 e. The molecule has 31 heavy (non-hydrogen) atoms. The van der Waals surface area contributed by atoms with Crippen LogP contribution >= 0.6 is 0 Å². The van der Waals surface area contributed by atoms with Gasteiger partial charge >= 0.3 is 5.97 Å². The normalized spacial score (nSPS) is 11.4. The van der Waals surface area contributed by atoms with Gasteiger partial charge in [-0.2, -0.15) is 0 Å². The summed E-state index contributed by atoms with van der Waals surface area (Å²) in [6, 6.07) is 26.2. The van der Waals surface area contributed by atoms with Crippen molar-refractivity contribution in [2.75, 3.05) is 0 Å². The Morgan fingerprint density at radius 1 is 0.774 bits per heavy atom. The third kappa shape index (κ3) is 7.30. The number of hydrogen-bond acceptors (Lipinski definition) is 4. The van der Waals surface area contributed by atoms with Crippen LogP contribution in [-0.2, 0) is 34.0 Å². The quantitative estimate of drug-likeness (QED) is 0.495. The van der Waals surface area contributed by atoms with Gasteiger partial charge in [0, 0.05) is 12.8 Å². The average Bonchev–Trinajstić information content (AvgIpc) is 2.83. The Labute approximate surface area is 183 Å². The molecule has 1 atom stereocenters. The third-order valence-electron chi connectivity index (χ3n) is 4.78. The number of carbonyl (C=O) groups excluding carboxylic acids is 2. The third-order valence-corrected chi connectivity index (χ3v) is 4.78. The van der Waals surface area contributed by atoms with Gasteiger partial charge in [-0.3, -0.25) is 4.79 Å². The molecule has 0 saturated heterocycles. The van der Waals surface area contributed by atoms with Crippen molar-refractivity contribution in [2.45, 2.75) is 39.0 Å². The van der Waals surface area contributed by atoms with E-state index in [0.717, 1.165) is 22.4 Å². The molecule has 0 saturated carbocycles. The van der Waals surface area contributed by atoms with Gasteiger partial charge < -0.3 is 14.8 Å². The fourth-order valence-corrected chi connectivity index (χ4v) is 3.02. The van der Waals surface area contributed by atoms with E-state index in [1.165, 1.54) is 0 Å². The van der Waals surface area contributed by atoms with Gasteiger partial charge in [-0.25, -0.2) is 4.79 Å². The van der Waals surface area contributed by atoms with E-state index in [1.807, 2.05) is 84.9 Å². The Bertz CT molecular complexity index is 956. The molecule has 0 aliphatic heterocycles. The molecule has 0 fully saturated rings. The van der Waals surface area contributed by atoms with E-state index in [2.05, 4.69) is 5.32 Å². The van der Waals surface area contributed by atoms with Crippen LogP contribution in [0.15, 0.2) is 84.9 Å². The standard InChI is InChI=1S/C26H27NO4/c1-2-25(28)27-24(26(29)31-19-22-11-7-4-8-12-22)17-20-13-15-23(16-14-20)30-18-21-9-5-3-6-10-21/h3-16,24H,2,17-19H2,1H3,(H,27,28). The van der Waals surface area contributed by atoms with Gasteiger partial charge in [-0.15, -0.1) is 0 Å². The van der Waals surface area contributed by atoms with E-state index in [9.17, 15) is 9.59 Å². The predicted molar refractivity (Wildman–Crippen MR) is 119 cm³/mol. The topological polar surface area (TPSA) is 64.6 Å². The molecule has 5 heteroatoms. The van der Waals surface area contributed by atoms with E-state index < -0.39 is 12.0 Å². The summed E-state index contributed by atoms with van der Waals surface area (Å²) in [5, 5.41) is 2.77. The molecule has 0 radical (unpaired) electrons. The van der Waals surface area contributed by atoms with Crippen LogP contribution < -0.4 is 10.1 Å². The number of amides is 1. The minimum atomic E-state index is -0.743. The Morgan fingerprint density at radius 2 is 1.35 bits per heavy atom. The molecular weight excluding hydrogens is 390 g/mol. The number of rotatable bonds is 10. The first-order valence-electron chi connectivity index (χ1n) is 10.4. The fourth-order valence-electron chi connectivity index (χ4n) is 3.02. The number of carbonyl (C=O) groups is 2. The number of nitrogens with one attached hydrogen (secondary N) is 1. The predicted octanol–water partition coefficient (Wildman–Crippen LogP) is 4.45. The molecule has 0 aliphatic carbocycles. The first-order chi connectivity index (χ1) is 15.1. The number of hydrogen-bond donors (Lipinski definition) is 1. The van der Waals surface area contributed by atoms with E-state index >= 15 is 0 Å². The highest BCUT2D eigenvalue weighted by Gasteiger charge is 2.22. The van der Waals surface area contributed by atoms with Crippen LogP contribution in [0.1, 0.15) is 30.0 Å². The average molecular weight is 418 g/mol. The van der Waals surface area contributed by atoms with Gasteiger partial charge in [0.1, 0.15) is 25.0 Å². The van der Waals surface area contributed by atoms with E-state index in [1.54, 1.807) is 6.92 Å². The van der Waals surface area contributed by atoms with Crippen LogP contribution in [0.5, 0.6) is 5.75 Å². The first-order valence-corrected chi connectivity index (χ1v) is 10.4. The molecule has 1 unspecified atom stereocenters. The summed E-state index contributed by atoms with van der Waals surface area (Å²) in [6.07, 6.45) is 0.646. The second kappa shape index (κ2) is 11.6. The fraction of sp³-hybridized carbons (Fsp3) is 0.231. The lowest BCUT2D eigenvalue weighted by atomic mass is 10.1. The molecule has 160 valence electrons. The summed E-state index contributed by atoms with van der Waals surface area (Å²) in [5.74, 6) is 0.105. The van der Waals surface area contributed by atoms with Gasteiger partial charge in [-0.1, -0.05) is 79.7 Å². The van der Waals surface area contributed by atoms with Crippen LogP contribution in [0.2, 0.25) is 0 Å². The van der Waals surface area contributed by atoms with Crippen LogP contribution in [0, 0.1) is 0 Å². The van der Waals surface area contributed by atoms with Gasteiger partial charge in [-0.05, 0) is 28.8 Å². The van der Waals surface area contributed by atoms with Crippen LogP contribution in [-0.4, -0.2) is 17.9 Å². The number of ether oxygens (including phenoxy) is 2. The zero-order valence-corrected chi connectivity index (χ0v) is 17.6. The molecule has 1 amide bonds. The lowest BCUT2D eigenvalue weighted by Gasteiger charge is -2.18. The summed E-state index contributed by atoms with van der Waals surface area (Å²) in [7, 11) is 0. The molecule has 0 bridgehead atoms. The smallest absolute Gasteiger partial charge is 0.329 e. The molecule has 0 heterocycles. The minimum Gasteiger partial charge on any atom is -0.489 e. The maximum atomic E-state index is 12.6. The minimum absolute atomic E-state index is 0.171. The lowest BCUT2D eigenvalue weighted by Crippen LogP contribution is -2.43. The van der Waals surface area contributed by atoms with Gasteiger partial charge in [0.2, 0.25) is 5.91 Å². The highest BCUT2D eigenvalue weighted by molar-refractivity contribution is 5.84. The maximum absolute atomic E-state index is 12.6. The first kappa shape index (κ1) is 22.1. The second-order valence-corrected chi connectivity index (χ2v) is 7.19. The van der Waals surface area contributed by atoms with Gasteiger partial charge in [0.15, 0.2) is 0 Å². The van der Waals surface area contributed by atoms with Crippen molar-refractivity contribution in [3.8, 4) is 5.75 Å². The number of benzene rings is 3. The summed E-state index contributed by atoms with van der Waals surface area (Å²) < 4.78 is 11.2. The highest BCUT2D eigenvalue weighted by Crippen LogP contribution is 2.16. The SMILES string of the molecule is CCC(=O)NC(Cc1ccc(OCc2ccccc2)cc1)C(=O)OCc1ccccc1. The second-order valence-electron chi connectivity index (χ2n) is 7.19. The van der Waals surface area contributed by atoms with Gasteiger partial charge in [0.05, 0.1) is 0 Å². The summed E-state index contributed by atoms with van der Waals surface area (Å²) in [5.41, 5.74) is 2.90. The van der Waals surface area contributed by atoms with Crippen molar-refractivity contribution >= 4 is 11.9 Å². The Balaban J connectivity index is 1.59. The zero-order valence-electron chi connectivity index (χ0n) is 17.6. The zero-order chi connectivity index (χ0) is 21.9. The highest BCUT2D eigenvalue weighted by atomic mass is 16.5. The van der Waals surface area contributed by atoms with Crippen molar-refractivity contribution in [1.29, 1.82) is 0 Å². The molecule has 1 N–H and O–H groups in total. The van der Waals surface area contributed by atoms with Crippen LogP contribution in [0.25, 0.3) is 0 Å². The van der Waals surface area contributed by atoms with Crippen molar-refractivity contribution in [3.63, 3.8) is 0 Å². The molecule has 0 aromatic heterocycles. The lowest BCUT2D eigenvalue weighted by molar-refractivity contribution is -0.149. The van der Waals surface area contributed by atoms with Gasteiger partial charge in [0.25, 0.3) is 0 Å². The van der Waals surface area contributed by atoms with E-state index in [-0.39, 0.29) is 12.5 Å². The number of esters is 1. The molecule has 3 aromatic rings. The summed E-state index contributed by atoms with van der Waals surface area (Å²) >= 11 is 0. The van der Waals surface area contributed by atoms with E-state index in [0.29, 0.717) is 19.4 Å². The molecule has 5 nitrogen and oxygen atoms in total. The van der Waals surface area contributed by atoms with Crippen LogP contribution in [0.3, 0.4) is 0 Å². The van der Waals surface area contributed by atoms with E-state index in [4.69, 9.17) is 9.47 Å². The molecule has 0 aliphatic rings. The molecule has 3 aromatic carbocycles. The van der Waals surface area contributed by atoms with Crippen LogP contribution in [0.4, 0.5) is 0 Å². The Kier molecular flexibility index (Phi) is 8.23. The molecular formula is C26H27NO4. The maximum Gasteiger partial charge on any atom is 0.329 e. The van der Waals surface area contributed by atoms with Crippen molar-refractivity contribution in [2.24, 2.45) is 0 Å². The summed E-state index contributed by atoms with van der Waals surface area (Å²) in [6.45, 7) is 2.41.